The Bertz CT molecular complexity index is 817. The maximum absolute atomic E-state index is 12.6. The summed E-state index contributed by atoms with van der Waals surface area (Å²) in [5, 5.41) is 3.77. The zero-order valence-corrected chi connectivity index (χ0v) is 16.2. The average molecular weight is 390 g/mol. The van der Waals surface area contributed by atoms with Crippen molar-refractivity contribution in [1.29, 1.82) is 0 Å². The smallest absolute Gasteiger partial charge is 0.273 e. The number of hydrogen-bond donors (Lipinski definition) is 1. The van der Waals surface area contributed by atoms with Crippen molar-refractivity contribution >= 4 is 23.2 Å². The van der Waals surface area contributed by atoms with Crippen LogP contribution in [0.2, 0.25) is 5.02 Å². The molecule has 0 bridgehead atoms. The molecule has 0 saturated carbocycles. The summed E-state index contributed by atoms with van der Waals surface area (Å²) in [5.74, 6) is 0.754. The molecule has 2 unspecified atom stereocenters. The minimum Gasteiger partial charge on any atom is -0.445 e. The van der Waals surface area contributed by atoms with Crippen LogP contribution in [0.4, 0.5) is 5.69 Å². The maximum atomic E-state index is 12.6. The van der Waals surface area contributed by atoms with Crippen LogP contribution in [0.1, 0.15) is 47.2 Å². The van der Waals surface area contributed by atoms with Crippen molar-refractivity contribution in [3.8, 4) is 0 Å². The zero-order chi connectivity index (χ0) is 18.8. The molecule has 7 heteroatoms. The first-order valence-corrected chi connectivity index (χ1v) is 9.84. The maximum Gasteiger partial charge on any atom is 0.273 e. The van der Waals surface area contributed by atoms with Crippen LogP contribution in [0.5, 0.6) is 0 Å². The van der Waals surface area contributed by atoms with Gasteiger partial charge in [-0.3, -0.25) is 4.79 Å². The third-order valence-corrected chi connectivity index (χ3v) is 5.62. The molecule has 0 radical (unpaired) electrons. The second-order valence-electron chi connectivity index (χ2n) is 7.31. The largest absolute Gasteiger partial charge is 0.445 e. The van der Waals surface area contributed by atoms with E-state index in [1.165, 1.54) is 17.6 Å². The SMILES string of the molecule is Cc1ccc(Cl)cc1N1CCC(CNC(=O)c2ncoc2C2CCCO2)C1. The highest BCUT2D eigenvalue weighted by Crippen LogP contribution is 2.31. The number of halogens is 1. The van der Waals surface area contributed by atoms with Gasteiger partial charge in [0.2, 0.25) is 0 Å². The summed E-state index contributed by atoms with van der Waals surface area (Å²) >= 11 is 6.15. The summed E-state index contributed by atoms with van der Waals surface area (Å²) in [6.07, 6.45) is 4.05. The number of carbonyl (C=O) groups excluding carboxylic acids is 1. The Hall–Kier alpha value is -2.05. The van der Waals surface area contributed by atoms with Gasteiger partial charge in [0.25, 0.3) is 5.91 Å². The monoisotopic (exact) mass is 389 g/mol. The number of anilines is 1. The van der Waals surface area contributed by atoms with Gasteiger partial charge in [-0.05, 0) is 49.8 Å². The molecule has 27 heavy (non-hydrogen) atoms. The highest BCUT2D eigenvalue weighted by atomic mass is 35.5. The van der Waals surface area contributed by atoms with E-state index < -0.39 is 0 Å². The Morgan fingerprint density at radius 2 is 2.30 bits per heavy atom. The topological polar surface area (TPSA) is 67.6 Å². The van der Waals surface area contributed by atoms with Crippen LogP contribution in [-0.2, 0) is 4.74 Å². The molecule has 144 valence electrons. The number of benzene rings is 1. The second-order valence-corrected chi connectivity index (χ2v) is 7.74. The number of nitrogens with zero attached hydrogens (tertiary/aromatic N) is 2. The van der Waals surface area contributed by atoms with Crippen molar-refractivity contribution in [2.24, 2.45) is 5.92 Å². The van der Waals surface area contributed by atoms with Gasteiger partial charge in [0.15, 0.2) is 17.8 Å². The molecule has 1 N–H and O–H groups in total. The lowest BCUT2D eigenvalue weighted by Gasteiger charge is -2.21. The molecular weight excluding hydrogens is 366 g/mol. The lowest BCUT2D eigenvalue weighted by Crippen LogP contribution is -2.32. The van der Waals surface area contributed by atoms with Gasteiger partial charge in [0.05, 0.1) is 0 Å². The van der Waals surface area contributed by atoms with E-state index in [0.717, 1.165) is 37.4 Å². The molecule has 1 aromatic heterocycles. The van der Waals surface area contributed by atoms with Crippen molar-refractivity contribution < 1.29 is 13.9 Å². The fraction of sp³-hybridized carbons (Fsp3) is 0.500. The van der Waals surface area contributed by atoms with E-state index in [1.54, 1.807) is 0 Å². The van der Waals surface area contributed by atoms with Crippen LogP contribution in [0, 0.1) is 12.8 Å². The number of rotatable bonds is 5. The van der Waals surface area contributed by atoms with Gasteiger partial charge in [0.1, 0.15) is 6.10 Å². The van der Waals surface area contributed by atoms with E-state index in [9.17, 15) is 4.79 Å². The number of amides is 1. The number of hydrogen-bond acceptors (Lipinski definition) is 5. The van der Waals surface area contributed by atoms with Crippen LogP contribution >= 0.6 is 11.6 Å². The normalized spacial score (nSPS) is 22.4. The number of aryl methyl sites for hydroxylation is 1. The summed E-state index contributed by atoms with van der Waals surface area (Å²) in [7, 11) is 0. The predicted octanol–water partition coefficient (Wildman–Crippen LogP) is 3.74. The molecule has 2 aromatic rings. The number of aromatic nitrogens is 1. The highest BCUT2D eigenvalue weighted by molar-refractivity contribution is 6.30. The van der Waals surface area contributed by atoms with E-state index in [0.29, 0.717) is 30.5 Å². The van der Waals surface area contributed by atoms with E-state index in [4.69, 9.17) is 20.8 Å². The van der Waals surface area contributed by atoms with E-state index >= 15 is 0 Å². The Morgan fingerprint density at radius 3 is 3.11 bits per heavy atom. The average Bonchev–Trinajstić information content (AvgIpc) is 3.41. The first-order chi connectivity index (χ1) is 13.1. The van der Waals surface area contributed by atoms with Gasteiger partial charge in [0, 0.05) is 37.0 Å². The molecular formula is C20H24ClN3O3. The van der Waals surface area contributed by atoms with Crippen LogP contribution in [0.15, 0.2) is 29.0 Å². The van der Waals surface area contributed by atoms with Gasteiger partial charge in [-0.15, -0.1) is 0 Å². The molecule has 3 heterocycles. The molecule has 6 nitrogen and oxygen atoms in total. The van der Waals surface area contributed by atoms with Crippen LogP contribution < -0.4 is 10.2 Å². The van der Waals surface area contributed by atoms with Gasteiger partial charge in [-0.1, -0.05) is 17.7 Å². The van der Waals surface area contributed by atoms with Crippen molar-refractivity contribution in [3.05, 3.63) is 46.6 Å². The Balaban J connectivity index is 1.34. The fourth-order valence-electron chi connectivity index (χ4n) is 3.90. The molecule has 0 spiro atoms. The predicted molar refractivity (Wildman–Crippen MR) is 103 cm³/mol. The summed E-state index contributed by atoms with van der Waals surface area (Å²) < 4.78 is 11.0. The van der Waals surface area contributed by atoms with Crippen molar-refractivity contribution in [1.82, 2.24) is 10.3 Å². The quantitative estimate of drug-likeness (QED) is 0.843. The Kier molecular flexibility index (Phi) is 5.36. The van der Waals surface area contributed by atoms with Gasteiger partial charge < -0.3 is 19.4 Å². The highest BCUT2D eigenvalue weighted by Gasteiger charge is 2.29. The Labute approximate surface area is 163 Å². The summed E-state index contributed by atoms with van der Waals surface area (Å²) in [6.45, 7) is 5.28. The molecule has 0 aliphatic carbocycles. The third kappa shape index (κ3) is 3.96. The lowest BCUT2D eigenvalue weighted by molar-refractivity contribution is 0.0859. The van der Waals surface area contributed by atoms with Crippen molar-refractivity contribution in [2.45, 2.75) is 32.3 Å². The first-order valence-electron chi connectivity index (χ1n) is 9.46. The van der Waals surface area contributed by atoms with Crippen LogP contribution in [0.3, 0.4) is 0 Å². The summed E-state index contributed by atoms with van der Waals surface area (Å²) in [6, 6.07) is 5.98. The van der Waals surface area contributed by atoms with E-state index in [1.807, 2.05) is 18.2 Å². The molecule has 2 saturated heterocycles. The number of carbonyl (C=O) groups is 1. The molecule has 2 aliphatic rings. The van der Waals surface area contributed by atoms with Crippen molar-refractivity contribution in [3.63, 3.8) is 0 Å². The standard InChI is InChI=1S/C20H24ClN3O3/c1-13-4-5-15(21)9-16(13)24-7-6-14(11-24)10-22-20(25)18-19(27-12-23-18)17-3-2-8-26-17/h4-5,9,12,14,17H,2-3,6-8,10-11H2,1H3,(H,22,25). The number of ether oxygens (including phenoxy) is 1. The number of nitrogens with one attached hydrogen (secondary N) is 1. The lowest BCUT2D eigenvalue weighted by atomic mass is 10.1. The molecule has 1 aromatic carbocycles. The van der Waals surface area contributed by atoms with Gasteiger partial charge in [-0.25, -0.2) is 4.98 Å². The molecule has 4 rings (SSSR count). The first kappa shape index (κ1) is 18.3. The number of oxazole rings is 1. The minimum absolute atomic E-state index is 0.152. The third-order valence-electron chi connectivity index (χ3n) is 5.38. The van der Waals surface area contributed by atoms with E-state index in [2.05, 4.69) is 22.1 Å². The van der Waals surface area contributed by atoms with Gasteiger partial charge >= 0.3 is 0 Å². The summed E-state index contributed by atoms with van der Waals surface area (Å²) in [4.78, 5) is 19.0. The minimum atomic E-state index is -0.188. The summed E-state index contributed by atoms with van der Waals surface area (Å²) in [5.41, 5.74) is 2.74. The van der Waals surface area contributed by atoms with Crippen LogP contribution in [0.25, 0.3) is 0 Å². The zero-order valence-electron chi connectivity index (χ0n) is 15.4. The van der Waals surface area contributed by atoms with Gasteiger partial charge in [-0.2, -0.15) is 0 Å². The Morgan fingerprint density at radius 1 is 1.41 bits per heavy atom. The second kappa shape index (κ2) is 7.90. The van der Waals surface area contributed by atoms with E-state index in [-0.39, 0.29) is 12.0 Å². The molecule has 2 aliphatic heterocycles. The van der Waals surface area contributed by atoms with Crippen molar-refractivity contribution in [2.75, 3.05) is 31.1 Å². The molecule has 2 fully saturated rings. The molecule has 2 atom stereocenters. The molecule has 1 amide bonds. The van der Waals surface area contributed by atoms with Crippen LogP contribution in [-0.4, -0.2) is 37.1 Å². The fourth-order valence-corrected chi connectivity index (χ4v) is 4.07.